The summed E-state index contributed by atoms with van der Waals surface area (Å²) in [4.78, 5) is 25.1. The van der Waals surface area contributed by atoms with E-state index in [4.69, 9.17) is 4.74 Å². The molecule has 1 aromatic carbocycles. The maximum atomic E-state index is 13.2. The van der Waals surface area contributed by atoms with Crippen LogP contribution in [-0.2, 0) is 24.3 Å². The smallest absolute Gasteiger partial charge is 0.310 e. The highest BCUT2D eigenvalue weighted by Gasteiger charge is 2.35. The average Bonchev–Trinajstić information content (AvgIpc) is 3.43. The lowest BCUT2D eigenvalue weighted by Crippen LogP contribution is -2.41. The van der Waals surface area contributed by atoms with E-state index in [0.717, 1.165) is 19.1 Å². The van der Waals surface area contributed by atoms with Crippen LogP contribution in [0.3, 0.4) is 0 Å². The molecule has 0 aromatic heterocycles. The molecular weight excluding hydrogens is 375 g/mol. The molecule has 2 aliphatic rings. The minimum absolute atomic E-state index is 0.0946. The van der Waals surface area contributed by atoms with Crippen LogP contribution in [0.1, 0.15) is 37.4 Å². The lowest BCUT2D eigenvalue weighted by Gasteiger charge is -2.30. The highest BCUT2D eigenvalue weighted by atomic mass is 32.2. The summed E-state index contributed by atoms with van der Waals surface area (Å²) in [6.07, 6.45) is 2.45. The molecule has 1 saturated carbocycles. The Labute approximate surface area is 157 Å². The van der Waals surface area contributed by atoms with Gasteiger partial charge in [-0.25, -0.2) is 17.1 Å². The standard InChI is InChI=1S/C18H23FN2O5S/c1-27(24,25)21-10-8-13(9-11-21)18(23)26-16(17(22)20-15-6-7-15)12-2-4-14(19)5-3-12/h2-5,13,15-16H,6-11H2,1H3,(H,20,22). The van der Waals surface area contributed by atoms with Crippen LogP contribution in [0, 0.1) is 11.7 Å². The average molecular weight is 398 g/mol. The molecule has 1 aliphatic heterocycles. The van der Waals surface area contributed by atoms with Crippen LogP contribution in [0.25, 0.3) is 0 Å². The molecule has 1 unspecified atom stereocenters. The van der Waals surface area contributed by atoms with Crippen LogP contribution >= 0.6 is 0 Å². The summed E-state index contributed by atoms with van der Waals surface area (Å²) < 4.78 is 43.2. The van der Waals surface area contributed by atoms with Crippen molar-refractivity contribution in [2.24, 2.45) is 5.92 Å². The van der Waals surface area contributed by atoms with E-state index in [1.807, 2.05) is 0 Å². The fraction of sp³-hybridized carbons (Fsp3) is 0.556. The van der Waals surface area contributed by atoms with E-state index >= 15 is 0 Å². The lowest BCUT2D eigenvalue weighted by molar-refractivity contribution is -0.161. The zero-order chi connectivity index (χ0) is 19.6. The van der Waals surface area contributed by atoms with Crippen molar-refractivity contribution in [1.29, 1.82) is 0 Å². The number of carbonyl (C=O) groups is 2. The van der Waals surface area contributed by atoms with Crippen LogP contribution in [0.4, 0.5) is 4.39 Å². The molecule has 1 aromatic rings. The van der Waals surface area contributed by atoms with Crippen LogP contribution < -0.4 is 5.32 Å². The first-order valence-electron chi connectivity index (χ1n) is 8.95. The predicted octanol–water partition coefficient (Wildman–Crippen LogP) is 1.36. The number of piperidine rings is 1. The Morgan fingerprint density at radius 1 is 1.15 bits per heavy atom. The second kappa shape index (κ2) is 7.93. The molecule has 9 heteroatoms. The highest BCUT2D eigenvalue weighted by molar-refractivity contribution is 7.88. The molecule has 1 N–H and O–H groups in total. The van der Waals surface area contributed by atoms with Crippen LogP contribution in [0.2, 0.25) is 0 Å². The number of rotatable bonds is 6. The molecule has 2 fully saturated rings. The van der Waals surface area contributed by atoms with E-state index in [0.29, 0.717) is 18.4 Å². The Morgan fingerprint density at radius 3 is 2.26 bits per heavy atom. The minimum atomic E-state index is -3.28. The summed E-state index contributed by atoms with van der Waals surface area (Å²) in [6.45, 7) is 0.488. The van der Waals surface area contributed by atoms with E-state index < -0.39 is 39.7 Å². The first kappa shape index (κ1) is 19.8. The molecule has 0 spiro atoms. The fourth-order valence-corrected chi connectivity index (χ4v) is 3.92. The van der Waals surface area contributed by atoms with Crippen molar-refractivity contribution in [1.82, 2.24) is 9.62 Å². The maximum Gasteiger partial charge on any atom is 0.310 e. The molecular formula is C18H23FN2O5S. The van der Waals surface area contributed by atoms with Gasteiger partial charge in [-0.15, -0.1) is 0 Å². The third-order valence-corrected chi connectivity index (χ3v) is 6.13. The normalized spacial score (nSPS) is 20.1. The number of nitrogens with zero attached hydrogens (tertiary/aromatic N) is 1. The third kappa shape index (κ3) is 5.26. The summed E-state index contributed by atoms with van der Waals surface area (Å²) >= 11 is 0. The molecule has 1 atom stereocenters. The number of ether oxygens (including phenoxy) is 1. The van der Waals surface area contributed by atoms with E-state index in [2.05, 4.69) is 5.32 Å². The molecule has 27 heavy (non-hydrogen) atoms. The van der Waals surface area contributed by atoms with Crippen LogP contribution in [0.15, 0.2) is 24.3 Å². The Morgan fingerprint density at radius 2 is 1.74 bits per heavy atom. The van der Waals surface area contributed by atoms with Gasteiger partial charge in [0.25, 0.3) is 5.91 Å². The second-order valence-corrected chi connectivity index (χ2v) is 9.07. The van der Waals surface area contributed by atoms with Crippen molar-refractivity contribution < 1.29 is 27.1 Å². The summed E-state index contributed by atoms with van der Waals surface area (Å²) in [6, 6.07) is 5.37. The topological polar surface area (TPSA) is 92.8 Å². The van der Waals surface area contributed by atoms with Gasteiger partial charge in [-0.05, 0) is 37.8 Å². The summed E-state index contributed by atoms with van der Waals surface area (Å²) in [5, 5.41) is 2.80. The SMILES string of the molecule is CS(=O)(=O)N1CCC(C(=O)OC(C(=O)NC2CC2)c2ccc(F)cc2)CC1. The Hall–Kier alpha value is -2.00. The predicted molar refractivity (Wildman–Crippen MR) is 95.5 cm³/mol. The molecule has 1 amide bonds. The molecule has 1 saturated heterocycles. The van der Waals surface area contributed by atoms with E-state index in [1.165, 1.54) is 28.6 Å². The minimum Gasteiger partial charge on any atom is -0.447 e. The molecule has 0 radical (unpaired) electrons. The lowest BCUT2D eigenvalue weighted by atomic mass is 9.98. The zero-order valence-electron chi connectivity index (χ0n) is 15.1. The Kier molecular flexibility index (Phi) is 5.81. The van der Waals surface area contributed by atoms with Gasteiger partial charge in [0, 0.05) is 24.7 Å². The summed E-state index contributed by atoms with van der Waals surface area (Å²) in [5.74, 6) is -1.88. The van der Waals surface area contributed by atoms with Crippen molar-refractivity contribution in [3.05, 3.63) is 35.6 Å². The van der Waals surface area contributed by atoms with Gasteiger partial charge >= 0.3 is 5.97 Å². The molecule has 148 valence electrons. The number of amides is 1. The van der Waals surface area contributed by atoms with E-state index in [9.17, 15) is 22.4 Å². The van der Waals surface area contributed by atoms with Gasteiger partial charge < -0.3 is 10.1 Å². The number of sulfonamides is 1. The number of benzene rings is 1. The number of hydrogen-bond donors (Lipinski definition) is 1. The molecule has 3 rings (SSSR count). The van der Waals surface area contributed by atoms with Crippen molar-refractivity contribution in [2.75, 3.05) is 19.3 Å². The first-order chi connectivity index (χ1) is 12.7. The first-order valence-corrected chi connectivity index (χ1v) is 10.8. The quantitative estimate of drug-likeness (QED) is 0.731. The van der Waals surface area contributed by atoms with Gasteiger partial charge in [0.2, 0.25) is 16.1 Å². The van der Waals surface area contributed by atoms with Crippen molar-refractivity contribution in [3.8, 4) is 0 Å². The van der Waals surface area contributed by atoms with Gasteiger partial charge in [0.15, 0.2) is 0 Å². The van der Waals surface area contributed by atoms with Gasteiger partial charge in [-0.2, -0.15) is 0 Å². The molecule has 7 nitrogen and oxygen atoms in total. The van der Waals surface area contributed by atoms with Crippen LogP contribution in [0.5, 0.6) is 0 Å². The van der Waals surface area contributed by atoms with E-state index in [1.54, 1.807) is 0 Å². The number of esters is 1. The highest BCUT2D eigenvalue weighted by Crippen LogP contribution is 2.27. The number of halogens is 1. The summed E-state index contributed by atoms with van der Waals surface area (Å²) in [5.41, 5.74) is 0.400. The molecule has 1 heterocycles. The van der Waals surface area contributed by atoms with Gasteiger partial charge in [-0.3, -0.25) is 9.59 Å². The second-order valence-electron chi connectivity index (χ2n) is 7.09. The Bertz CT molecular complexity index is 800. The largest absolute Gasteiger partial charge is 0.447 e. The molecule has 1 aliphatic carbocycles. The summed E-state index contributed by atoms with van der Waals surface area (Å²) in [7, 11) is -3.28. The van der Waals surface area contributed by atoms with Gasteiger partial charge in [0.1, 0.15) is 5.82 Å². The monoisotopic (exact) mass is 398 g/mol. The third-order valence-electron chi connectivity index (χ3n) is 4.82. The van der Waals surface area contributed by atoms with Crippen molar-refractivity contribution >= 4 is 21.9 Å². The van der Waals surface area contributed by atoms with E-state index in [-0.39, 0.29) is 19.1 Å². The number of hydrogen-bond acceptors (Lipinski definition) is 5. The van der Waals surface area contributed by atoms with Crippen molar-refractivity contribution in [3.63, 3.8) is 0 Å². The van der Waals surface area contributed by atoms with Gasteiger partial charge in [0.05, 0.1) is 12.2 Å². The molecule has 0 bridgehead atoms. The number of nitrogens with one attached hydrogen (secondary N) is 1. The van der Waals surface area contributed by atoms with Crippen LogP contribution in [-0.4, -0.2) is 50.0 Å². The van der Waals surface area contributed by atoms with Gasteiger partial charge in [-0.1, -0.05) is 12.1 Å². The van der Waals surface area contributed by atoms with Crippen molar-refractivity contribution in [2.45, 2.75) is 37.8 Å². The number of carbonyl (C=O) groups excluding carboxylic acids is 2. The Balaban J connectivity index is 1.67. The maximum absolute atomic E-state index is 13.2. The zero-order valence-corrected chi connectivity index (χ0v) is 15.9. The fourth-order valence-electron chi connectivity index (χ4n) is 3.05.